The number of rotatable bonds is 22. The van der Waals surface area contributed by atoms with Crippen LogP contribution in [-0.4, -0.2) is 24.9 Å². The molecular formula is C30H52N2O2. The molecule has 0 aromatic heterocycles. The second-order valence-electron chi connectivity index (χ2n) is 9.21. The van der Waals surface area contributed by atoms with Crippen LogP contribution in [-0.2, 0) is 9.59 Å². The SMILES string of the molecule is CCCCCCCCCCCCC#CC#CCCCCCCCCC(=O)NCCNC(=O)CC. The van der Waals surface area contributed by atoms with E-state index in [9.17, 15) is 9.59 Å². The molecule has 2 N–H and O–H groups in total. The van der Waals surface area contributed by atoms with Crippen LogP contribution in [0.15, 0.2) is 0 Å². The summed E-state index contributed by atoms with van der Waals surface area (Å²) in [5.74, 6) is 12.5. The third kappa shape index (κ3) is 26.3. The van der Waals surface area contributed by atoms with E-state index in [2.05, 4.69) is 41.2 Å². The van der Waals surface area contributed by atoms with Gasteiger partial charge >= 0.3 is 0 Å². The van der Waals surface area contributed by atoms with Gasteiger partial charge in [-0.1, -0.05) is 109 Å². The first-order valence-electron chi connectivity index (χ1n) is 14.2. The van der Waals surface area contributed by atoms with Gasteiger partial charge in [0.05, 0.1) is 0 Å². The van der Waals surface area contributed by atoms with Crippen molar-refractivity contribution in [3.05, 3.63) is 0 Å². The lowest BCUT2D eigenvalue weighted by Gasteiger charge is -2.06. The summed E-state index contributed by atoms with van der Waals surface area (Å²) in [7, 11) is 0. The predicted octanol–water partition coefficient (Wildman–Crippen LogP) is 7.07. The zero-order valence-electron chi connectivity index (χ0n) is 22.4. The molecule has 0 aliphatic heterocycles. The fourth-order valence-electron chi connectivity index (χ4n) is 3.74. The van der Waals surface area contributed by atoms with E-state index in [1.165, 1.54) is 83.5 Å². The summed E-state index contributed by atoms with van der Waals surface area (Å²) in [6.07, 6.45) is 23.4. The summed E-state index contributed by atoms with van der Waals surface area (Å²) in [6.45, 7) is 5.10. The van der Waals surface area contributed by atoms with Crippen LogP contribution in [0.25, 0.3) is 0 Å². The van der Waals surface area contributed by atoms with Crippen LogP contribution in [0.5, 0.6) is 0 Å². The topological polar surface area (TPSA) is 58.2 Å². The average molecular weight is 473 g/mol. The predicted molar refractivity (Wildman–Crippen MR) is 145 cm³/mol. The first-order valence-corrected chi connectivity index (χ1v) is 14.2. The smallest absolute Gasteiger partial charge is 0.220 e. The quantitative estimate of drug-likeness (QED) is 0.131. The molecule has 0 saturated carbocycles. The molecule has 0 radical (unpaired) electrons. The molecule has 0 aliphatic carbocycles. The highest BCUT2D eigenvalue weighted by atomic mass is 16.2. The van der Waals surface area contributed by atoms with E-state index in [1.807, 2.05) is 6.92 Å². The van der Waals surface area contributed by atoms with E-state index < -0.39 is 0 Å². The lowest BCUT2D eigenvalue weighted by molar-refractivity contribution is -0.122. The molecule has 194 valence electrons. The van der Waals surface area contributed by atoms with Crippen molar-refractivity contribution in [2.45, 2.75) is 142 Å². The normalized spacial score (nSPS) is 10.1. The average Bonchev–Trinajstić information content (AvgIpc) is 2.84. The van der Waals surface area contributed by atoms with Crippen LogP contribution in [0.1, 0.15) is 142 Å². The summed E-state index contributed by atoms with van der Waals surface area (Å²) in [6, 6.07) is 0. The molecule has 0 unspecified atom stereocenters. The molecule has 4 heteroatoms. The van der Waals surface area contributed by atoms with Crippen molar-refractivity contribution in [2.75, 3.05) is 13.1 Å². The fraction of sp³-hybridized carbons (Fsp3) is 0.800. The molecule has 0 heterocycles. The molecule has 4 nitrogen and oxygen atoms in total. The second-order valence-corrected chi connectivity index (χ2v) is 9.21. The maximum absolute atomic E-state index is 11.7. The third-order valence-electron chi connectivity index (χ3n) is 5.94. The highest BCUT2D eigenvalue weighted by molar-refractivity contribution is 5.76. The number of unbranched alkanes of at least 4 members (excludes halogenated alkanes) is 16. The Morgan fingerprint density at radius 3 is 1.41 bits per heavy atom. The fourth-order valence-corrected chi connectivity index (χ4v) is 3.74. The molecule has 0 rings (SSSR count). The monoisotopic (exact) mass is 472 g/mol. The molecule has 0 aromatic carbocycles. The molecule has 0 atom stereocenters. The van der Waals surface area contributed by atoms with Crippen molar-refractivity contribution in [3.8, 4) is 23.7 Å². The number of hydrogen-bond acceptors (Lipinski definition) is 2. The Hall–Kier alpha value is -1.94. The Bertz CT molecular complexity index is 607. The number of amides is 2. The first-order chi connectivity index (χ1) is 16.7. The van der Waals surface area contributed by atoms with Gasteiger partial charge in [-0.15, -0.1) is 0 Å². The van der Waals surface area contributed by atoms with Gasteiger partial charge in [-0.3, -0.25) is 9.59 Å². The minimum absolute atomic E-state index is 0.0211. The van der Waals surface area contributed by atoms with Gasteiger partial charge in [0.1, 0.15) is 0 Å². The van der Waals surface area contributed by atoms with Gasteiger partial charge in [-0.25, -0.2) is 0 Å². The van der Waals surface area contributed by atoms with Crippen LogP contribution in [0.4, 0.5) is 0 Å². The standard InChI is InChI=1S/C30H52N2O2/c1-3-5-6-7-8-9-10-11-12-13-14-15-16-17-18-19-20-21-22-23-24-25-26-30(34)32-28-27-31-29(33)4-2/h3-14,19-28H2,1-2H3,(H,31,33)(H,32,34). The van der Waals surface area contributed by atoms with Crippen molar-refractivity contribution in [1.82, 2.24) is 10.6 Å². The van der Waals surface area contributed by atoms with E-state index in [0.29, 0.717) is 25.9 Å². The highest BCUT2D eigenvalue weighted by Crippen LogP contribution is 2.11. The Balaban J connectivity index is 3.33. The molecule has 2 amide bonds. The van der Waals surface area contributed by atoms with E-state index in [-0.39, 0.29) is 11.8 Å². The largest absolute Gasteiger partial charge is 0.354 e. The Morgan fingerprint density at radius 1 is 0.529 bits per heavy atom. The van der Waals surface area contributed by atoms with Gasteiger partial charge in [0.25, 0.3) is 0 Å². The zero-order chi connectivity index (χ0) is 25.0. The Labute approximate surface area is 211 Å². The Kier molecular flexibility index (Phi) is 25.7. The van der Waals surface area contributed by atoms with Crippen molar-refractivity contribution in [1.29, 1.82) is 0 Å². The number of carbonyl (C=O) groups is 2. The lowest BCUT2D eigenvalue weighted by atomic mass is 10.1. The number of nitrogens with one attached hydrogen (secondary N) is 2. The van der Waals surface area contributed by atoms with Gasteiger partial charge in [0.2, 0.25) is 11.8 Å². The number of carbonyl (C=O) groups excluding carboxylic acids is 2. The third-order valence-corrected chi connectivity index (χ3v) is 5.94. The van der Waals surface area contributed by atoms with Crippen LogP contribution in [0.2, 0.25) is 0 Å². The van der Waals surface area contributed by atoms with Crippen LogP contribution in [0.3, 0.4) is 0 Å². The van der Waals surface area contributed by atoms with Gasteiger partial charge in [0.15, 0.2) is 0 Å². The molecule has 0 spiro atoms. The van der Waals surface area contributed by atoms with Crippen molar-refractivity contribution in [3.63, 3.8) is 0 Å². The molecule has 0 aliphatic rings. The summed E-state index contributed by atoms with van der Waals surface area (Å²) < 4.78 is 0. The van der Waals surface area contributed by atoms with Gasteiger partial charge in [0, 0.05) is 38.8 Å². The van der Waals surface area contributed by atoms with Crippen molar-refractivity contribution in [2.24, 2.45) is 0 Å². The molecule has 0 fully saturated rings. The highest BCUT2D eigenvalue weighted by Gasteiger charge is 2.01. The molecule has 0 aromatic rings. The maximum Gasteiger partial charge on any atom is 0.220 e. The van der Waals surface area contributed by atoms with Crippen molar-refractivity contribution < 1.29 is 9.59 Å². The summed E-state index contributed by atoms with van der Waals surface area (Å²) in [5.41, 5.74) is 0. The van der Waals surface area contributed by atoms with E-state index in [4.69, 9.17) is 0 Å². The zero-order valence-corrected chi connectivity index (χ0v) is 22.4. The van der Waals surface area contributed by atoms with Crippen LogP contribution < -0.4 is 10.6 Å². The van der Waals surface area contributed by atoms with Crippen LogP contribution in [0, 0.1) is 23.7 Å². The van der Waals surface area contributed by atoms with Gasteiger partial charge < -0.3 is 10.6 Å². The summed E-state index contributed by atoms with van der Waals surface area (Å²) in [4.78, 5) is 22.8. The lowest BCUT2D eigenvalue weighted by Crippen LogP contribution is -2.34. The van der Waals surface area contributed by atoms with E-state index in [0.717, 1.165) is 32.1 Å². The first kappa shape index (κ1) is 32.1. The van der Waals surface area contributed by atoms with Crippen molar-refractivity contribution >= 4 is 11.8 Å². The van der Waals surface area contributed by atoms with E-state index in [1.54, 1.807) is 0 Å². The maximum atomic E-state index is 11.7. The van der Waals surface area contributed by atoms with Crippen LogP contribution >= 0.6 is 0 Å². The summed E-state index contributed by atoms with van der Waals surface area (Å²) in [5, 5.41) is 5.60. The molecular weight excluding hydrogens is 420 g/mol. The second kappa shape index (κ2) is 27.3. The van der Waals surface area contributed by atoms with Gasteiger partial charge in [-0.05, 0) is 31.1 Å². The minimum Gasteiger partial charge on any atom is -0.354 e. The molecule has 0 bridgehead atoms. The van der Waals surface area contributed by atoms with E-state index >= 15 is 0 Å². The summed E-state index contributed by atoms with van der Waals surface area (Å²) >= 11 is 0. The Morgan fingerprint density at radius 2 is 0.941 bits per heavy atom. The number of hydrogen-bond donors (Lipinski definition) is 2. The minimum atomic E-state index is 0.0211. The molecule has 0 saturated heterocycles. The molecule has 34 heavy (non-hydrogen) atoms. The van der Waals surface area contributed by atoms with Gasteiger partial charge in [-0.2, -0.15) is 0 Å².